The van der Waals surface area contributed by atoms with Gasteiger partial charge in [-0.2, -0.15) is 0 Å². The number of hydrogen-bond donors (Lipinski definition) is 1. The van der Waals surface area contributed by atoms with E-state index in [0.29, 0.717) is 4.99 Å². The summed E-state index contributed by atoms with van der Waals surface area (Å²) in [6.07, 6.45) is 1.07. The predicted octanol–water partition coefficient (Wildman–Crippen LogP) is 1.90. The van der Waals surface area contributed by atoms with Crippen molar-refractivity contribution in [2.45, 2.75) is 19.4 Å². The fraction of sp³-hybridized carbons (Fsp3) is 0.500. The highest BCUT2D eigenvalue weighted by atomic mass is 32.1. The van der Waals surface area contributed by atoms with Crippen LogP contribution in [0.5, 0.6) is 0 Å². The van der Waals surface area contributed by atoms with Crippen LogP contribution in [0.15, 0.2) is 17.5 Å². The molecule has 14 heavy (non-hydrogen) atoms. The summed E-state index contributed by atoms with van der Waals surface area (Å²) in [5, 5.41) is 2.10. The fourth-order valence-electron chi connectivity index (χ4n) is 1.15. The second kappa shape index (κ2) is 5.44. The Morgan fingerprint density at radius 2 is 2.43 bits per heavy atom. The lowest BCUT2D eigenvalue weighted by Gasteiger charge is -2.23. The van der Waals surface area contributed by atoms with Crippen LogP contribution in [0.4, 0.5) is 0 Å². The molecule has 1 unspecified atom stereocenters. The summed E-state index contributed by atoms with van der Waals surface area (Å²) < 4.78 is 0. The second-order valence-electron chi connectivity index (χ2n) is 3.39. The zero-order valence-electron chi connectivity index (χ0n) is 8.56. The molecule has 0 aromatic carbocycles. The number of hydrogen-bond acceptors (Lipinski definition) is 3. The van der Waals surface area contributed by atoms with Gasteiger partial charge in [-0.25, -0.2) is 0 Å². The van der Waals surface area contributed by atoms with Gasteiger partial charge in [-0.15, -0.1) is 11.3 Å². The molecule has 2 N–H and O–H groups in total. The molecule has 4 heteroatoms. The van der Waals surface area contributed by atoms with E-state index in [1.165, 1.54) is 4.88 Å². The largest absolute Gasteiger partial charge is 0.392 e. The SMILES string of the molecule is CC(C(N)=S)N(C)CCc1cccs1. The van der Waals surface area contributed by atoms with E-state index in [4.69, 9.17) is 18.0 Å². The number of thiophene rings is 1. The molecule has 0 saturated heterocycles. The Bertz CT molecular complexity index is 282. The predicted molar refractivity (Wildman–Crippen MR) is 66.9 cm³/mol. The van der Waals surface area contributed by atoms with Crippen molar-refractivity contribution in [1.82, 2.24) is 4.90 Å². The minimum absolute atomic E-state index is 0.185. The Morgan fingerprint density at radius 3 is 2.93 bits per heavy atom. The lowest BCUT2D eigenvalue weighted by molar-refractivity contribution is 0.317. The van der Waals surface area contributed by atoms with Crippen LogP contribution in [0.25, 0.3) is 0 Å². The lowest BCUT2D eigenvalue weighted by Crippen LogP contribution is -2.40. The first-order chi connectivity index (χ1) is 6.61. The van der Waals surface area contributed by atoms with Crippen molar-refractivity contribution in [3.05, 3.63) is 22.4 Å². The van der Waals surface area contributed by atoms with Crippen LogP contribution in [0.3, 0.4) is 0 Å². The third-order valence-electron chi connectivity index (χ3n) is 2.36. The van der Waals surface area contributed by atoms with E-state index < -0.39 is 0 Å². The van der Waals surface area contributed by atoms with E-state index >= 15 is 0 Å². The molecule has 2 nitrogen and oxygen atoms in total. The maximum Gasteiger partial charge on any atom is 0.0899 e. The van der Waals surface area contributed by atoms with Crippen molar-refractivity contribution < 1.29 is 0 Å². The minimum Gasteiger partial charge on any atom is -0.392 e. The number of likely N-dealkylation sites (N-methyl/N-ethyl adjacent to an activating group) is 1. The lowest BCUT2D eigenvalue weighted by atomic mass is 10.2. The van der Waals surface area contributed by atoms with Crippen LogP contribution in [0.2, 0.25) is 0 Å². The summed E-state index contributed by atoms with van der Waals surface area (Å²) in [5.74, 6) is 0. The third kappa shape index (κ3) is 3.36. The molecule has 1 aromatic rings. The molecule has 0 aliphatic heterocycles. The van der Waals surface area contributed by atoms with Crippen molar-refractivity contribution in [2.24, 2.45) is 5.73 Å². The standard InChI is InChI=1S/C10H16N2S2/c1-8(10(11)13)12(2)6-5-9-4-3-7-14-9/h3-4,7-8H,5-6H2,1-2H3,(H2,11,13). The topological polar surface area (TPSA) is 29.3 Å². The molecule has 0 bridgehead atoms. The molecule has 1 atom stereocenters. The van der Waals surface area contributed by atoms with E-state index in [0.717, 1.165) is 13.0 Å². The van der Waals surface area contributed by atoms with Gasteiger partial charge >= 0.3 is 0 Å². The minimum atomic E-state index is 0.185. The molecule has 0 saturated carbocycles. The van der Waals surface area contributed by atoms with E-state index in [2.05, 4.69) is 29.5 Å². The Hall–Kier alpha value is -0.450. The summed E-state index contributed by atoms with van der Waals surface area (Å²) in [4.78, 5) is 4.16. The maximum absolute atomic E-state index is 5.58. The molecule has 1 aromatic heterocycles. The molecule has 0 aliphatic rings. The van der Waals surface area contributed by atoms with Crippen molar-refractivity contribution in [3.63, 3.8) is 0 Å². The molecule has 0 aliphatic carbocycles. The first-order valence-electron chi connectivity index (χ1n) is 4.63. The second-order valence-corrected chi connectivity index (χ2v) is 4.89. The molecular weight excluding hydrogens is 212 g/mol. The summed E-state index contributed by atoms with van der Waals surface area (Å²) >= 11 is 6.74. The molecule has 0 radical (unpaired) electrons. The summed E-state index contributed by atoms with van der Waals surface area (Å²) in [6.45, 7) is 3.04. The zero-order chi connectivity index (χ0) is 10.6. The summed E-state index contributed by atoms with van der Waals surface area (Å²) in [5.41, 5.74) is 5.58. The van der Waals surface area contributed by atoms with Gasteiger partial charge in [0, 0.05) is 11.4 Å². The van der Waals surface area contributed by atoms with Gasteiger partial charge in [-0.1, -0.05) is 18.3 Å². The molecule has 0 spiro atoms. The van der Waals surface area contributed by atoms with E-state index in [9.17, 15) is 0 Å². The Balaban J connectivity index is 2.34. The van der Waals surface area contributed by atoms with Gasteiger partial charge < -0.3 is 5.73 Å². The highest BCUT2D eigenvalue weighted by Crippen LogP contribution is 2.10. The van der Waals surface area contributed by atoms with Crippen LogP contribution in [0, 0.1) is 0 Å². The molecule has 1 rings (SSSR count). The van der Waals surface area contributed by atoms with Gasteiger partial charge in [0.25, 0.3) is 0 Å². The fourth-order valence-corrected chi connectivity index (χ4v) is 2.03. The Kier molecular flexibility index (Phi) is 4.51. The van der Waals surface area contributed by atoms with Gasteiger partial charge in [-0.3, -0.25) is 4.90 Å². The highest BCUT2D eigenvalue weighted by Gasteiger charge is 2.11. The number of nitrogens with two attached hydrogens (primary N) is 1. The smallest absolute Gasteiger partial charge is 0.0899 e. The molecular formula is C10H16N2S2. The van der Waals surface area contributed by atoms with E-state index in [1.807, 2.05) is 6.92 Å². The number of nitrogens with zero attached hydrogens (tertiary/aromatic N) is 1. The molecule has 0 amide bonds. The van der Waals surface area contributed by atoms with Gasteiger partial charge in [-0.05, 0) is 31.8 Å². The Labute approximate surface area is 94.7 Å². The van der Waals surface area contributed by atoms with Crippen LogP contribution in [-0.4, -0.2) is 29.5 Å². The normalized spacial score (nSPS) is 13.1. The average Bonchev–Trinajstić information content (AvgIpc) is 2.65. The van der Waals surface area contributed by atoms with Crippen LogP contribution < -0.4 is 5.73 Å². The summed E-state index contributed by atoms with van der Waals surface area (Å²) in [7, 11) is 2.05. The maximum atomic E-state index is 5.58. The van der Waals surface area contributed by atoms with Gasteiger partial charge in [0.05, 0.1) is 11.0 Å². The monoisotopic (exact) mass is 228 g/mol. The third-order valence-corrected chi connectivity index (χ3v) is 3.64. The van der Waals surface area contributed by atoms with Crippen LogP contribution in [0.1, 0.15) is 11.8 Å². The molecule has 1 heterocycles. The van der Waals surface area contributed by atoms with Gasteiger partial charge in [0.1, 0.15) is 0 Å². The first-order valence-corrected chi connectivity index (χ1v) is 5.92. The van der Waals surface area contributed by atoms with E-state index in [-0.39, 0.29) is 6.04 Å². The quantitative estimate of drug-likeness (QED) is 0.781. The number of rotatable bonds is 5. The first kappa shape index (κ1) is 11.6. The van der Waals surface area contributed by atoms with Crippen molar-refractivity contribution >= 4 is 28.5 Å². The van der Waals surface area contributed by atoms with E-state index in [1.54, 1.807) is 11.3 Å². The van der Waals surface area contributed by atoms with Crippen molar-refractivity contribution in [3.8, 4) is 0 Å². The van der Waals surface area contributed by atoms with Crippen LogP contribution >= 0.6 is 23.6 Å². The van der Waals surface area contributed by atoms with Gasteiger partial charge in [0.15, 0.2) is 0 Å². The molecule has 0 fully saturated rings. The Morgan fingerprint density at radius 1 is 1.71 bits per heavy atom. The molecule has 78 valence electrons. The van der Waals surface area contributed by atoms with Crippen molar-refractivity contribution in [2.75, 3.05) is 13.6 Å². The summed E-state index contributed by atoms with van der Waals surface area (Å²) in [6, 6.07) is 4.42. The van der Waals surface area contributed by atoms with Crippen molar-refractivity contribution in [1.29, 1.82) is 0 Å². The van der Waals surface area contributed by atoms with Crippen LogP contribution in [-0.2, 0) is 6.42 Å². The average molecular weight is 228 g/mol. The number of thiocarbonyl (C=S) groups is 1. The highest BCUT2D eigenvalue weighted by molar-refractivity contribution is 7.80. The van der Waals surface area contributed by atoms with Gasteiger partial charge in [0.2, 0.25) is 0 Å². The zero-order valence-corrected chi connectivity index (χ0v) is 10.2.